The largest absolute Gasteiger partial charge is 0.327 e. The molecule has 136 valence electrons. The molecule has 27 heavy (non-hydrogen) atoms. The number of carbonyl (C=O) groups excluding carboxylic acids is 1. The lowest BCUT2D eigenvalue weighted by Crippen LogP contribution is -2.29. The van der Waals surface area contributed by atoms with Crippen molar-refractivity contribution in [1.29, 1.82) is 0 Å². The first-order chi connectivity index (χ1) is 13.1. The van der Waals surface area contributed by atoms with Crippen molar-refractivity contribution < 1.29 is 4.79 Å². The highest BCUT2D eigenvalue weighted by Crippen LogP contribution is 2.37. The van der Waals surface area contributed by atoms with Crippen LogP contribution >= 0.6 is 15.9 Å². The molecule has 1 aliphatic heterocycles. The number of hydrogen-bond donors (Lipinski definition) is 1. The maximum atomic E-state index is 13.0. The number of amides is 1. The van der Waals surface area contributed by atoms with Gasteiger partial charge in [0.2, 0.25) is 0 Å². The molecule has 3 aromatic rings. The Kier molecular flexibility index (Phi) is 4.85. The minimum absolute atomic E-state index is 0.0325. The molecule has 1 amide bonds. The quantitative estimate of drug-likeness (QED) is 0.634. The smallest absolute Gasteiger partial charge is 0.255 e. The molecule has 0 fully saturated rings. The maximum absolute atomic E-state index is 13.0. The molecule has 1 aromatic carbocycles. The highest BCUT2D eigenvalue weighted by molar-refractivity contribution is 9.10. The summed E-state index contributed by atoms with van der Waals surface area (Å²) in [7, 11) is 0. The van der Waals surface area contributed by atoms with Gasteiger partial charge in [-0.2, -0.15) is 15.4 Å². The van der Waals surface area contributed by atoms with Crippen LogP contribution < -0.4 is 0 Å². The topological polar surface area (TPSA) is 74.8 Å². The molecular weight excluding hydrogens is 406 g/mol. The monoisotopic (exact) mass is 423 g/mol. The zero-order valence-electron chi connectivity index (χ0n) is 14.8. The number of hydrogen-bond acceptors (Lipinski definition) is 4. The lowest BCUT2D eigenvalue weighted by molar-refractivity contribution is 0.0747. The van der Waals surface area contributed by atoms with E-state index in [9.17, 15) is 4.79 Å². The third-order valence-electron chi connectivity index (χ3n) is 4.85. The molecule has 0 radical (unpaired) electrons. The van der Waals surface area contributed by atoms with Gasteiger partial charge in [0.15, 0.2) is 0 Å². The molecular formula is C20H18BrN5O. The average Bonchev–Trinajstić information content (AvgIpc) is 3.27. The molecule has 1 aliphatic rings. The lowest BCUT2D eigenvalue weighted by atomic mass is 9.97. The van der Waals surface area contributed by atoms with Crippen LogP contribution in [0.2, 0.25) is 0 Å². The highest BCUT2D eigenvalue weighted by Gasteiger charge is 2.36. The second kappa shape index (κ2) is 7.44. The van der Waals surface area contributed by atoms with E-state index in [-0.39, 0.29) is 11.9 Å². The van der Waals surface area contributed by atoms with Crippen LogP contribution in [0.25, 0.3) is 6.08 Å². The van der Waals surface area contributed by atoms with Crippen LogP contribution in [0, 0.1) is 6.92 Å². The van der Waals surface area contributed by atoms with Crippen molar-refractivity contribution in [3.63, 3.8) is 0 Å². The Labute approximate surface area is 165 Å². The lowest BCUT2D eigenvalue weighted by Gasteiger charge is -2.25. The van der Waals surface area contributed by atoms with E-state index < -0.39 is 0 Å². The van der Waals surface area contributed by atoms with Crippen LogP contribution in [0.3, 0.4) is 0 Å². The summed E-state index contributed by atoms with van der Waals surface area (Å²) >= 11 is 3.56. The summed E-state index contributed by atoms with van der Waals surface area (Å²) in [5.74, 6) is 0.0538. The Hall–Kier alpha value is -2.80. The fraction of sp³-hybridized carbons (Fsp3) is 0.200. The summed E-state index contributed by atoms with van der Waals surface area (Å²) in [6.07, 6.45) is 7.95. The highest BCUT2D eigenvalue weighted by atomic mass is 79.9. The predicted octanol–water partition coefficient (Wildman–Crippen LogP) is 3.72. The van der Waals surface area contributed by atoms with Gasteiger partial charge in [0.25, 0.3) is 5.91 Å². The Morgan fingerprint density at radius 2 is 2.15 bits per heavy atom. The van der Waals surface area contributed by atoms with Gasteiger partial charge in [0.1, 0.15) is 10.3 Å². The molecule has 3 heterocycles. The van der Waals surface area contributed by atoms with Crippen LogP contribution in [0.4, 0.5) is 0 Å². The molecule has 2 aromatic heterocycles. The number of fused-ring (bicyclic) bond motifs is 1. The van der Waals surface area contributed by atoms with Gasteiger partial charge in [0.05, 0.1) is 12.2 Å². The number of benzene rings is 1. The van der Waals surface area contributed by atoms with Crippen LogP contribution in [0.5, 0.6) is 0 Å². The van der Waals surface area contributed by atoms with Gasteiger partial charge in [-0.25, -0.2) is 4.98 Å². The van der Waals surface area contributed by atoms with Gasteiger partial charge >= 0.3 is 0 Å². The molecule has 1 unspecified atom stereocenters. The Morgan fingerprint density at radius 3 is 2.93 bits per heavy atom. The maximum Gasteiger partial charge on any atom is 0.255 e. The summed E-state index contributed by atoms with van der Waals surface area (Å²) in [6, 6.07) is 9.80. The van der Waals surface area contributed by atoms with Crippen molar-refractivity contribution in [2.45, 2.75) is 19.4 Å². The summed E-state index contributed by atoms with van der Waals surface area (Å²) in [6.45, 7) is 2.57. The van der Waals surface area contributed by atoms with E-state index in [1.807, 2.05) is 47.4 Å². The molecule has 7 heteroatoms. The molecule has 0 spiro atoms. The molecule has 0 saturated carbocycles. The molecule has 1 atom stereocenters. The third kappa shape index (κ3) is 3.42. The fourth-order valence-electron chi connectivity index (χ4n) is 3.45. The van der Waals surface area contributed by atoms with Crippen molar-refractivity contribution in [1.82, 2.24) is 25.3 Å². The van der Waals surface area contributed by atoms with E-state index >= 15 is 0 Å². The van der Waals surface area contributed by atoms with Gasteiger partial charge in [-0.15, -0.1) is 0 Å². The molecule has 0 bridgehead atoms. The number of halogens is 1. The van der Waals surface area contributed by atoms with Gasteiger partial charge in [0, 0.05) is 24.7 Å². The summed E-state index contributed by atoms with van der Waals surface area (Å²) < 4.78 is 0.831. The standard InChI is InChI=1S/C20H18BrN5O/c1-13-8-9-22-19(21)17(13)11-18-15-6-2-3-7-16(15)20(27)26(18)10-4-5-14-12-23-25-24-14/h2-9,12,18H,10-11H2,1H3,(H,23,24,25)/b5-4+. The van der Waals surface area contributed by atoms with Crippen LogP contribution in [-0.4, -0.2) is 37.7 Å². The first-order valence-corrected chi connectivity index (χ1v) is 9.46. The second-order valence-electron chi connectivity index (χ2n) is 6.46. The van der Waals surface area contributed by atoms with Crippen molar-refractivity contribution in [2.24, 2.45) is 0 Å². The third-order valence-corrected chi connectivity index (χ3v) is 5.53. The molecule has 0 saturated heterocycles. The van der Waals surface area contributed by atoms with Gasteiger partial charge in [-0.3, -0.25) is 4.79 Å². The second-order valence-corrected chi connectivity index (χ2v) is 7.21. The summed E-state index contributed by atoms with van der Waals surface area (Å²) in [5, 5.41) is 10.4. The van der Waals surface area contributed by atoms with E-state index in [0.717, 1.165) is 32.6 Å². The predicted molar refractivity (Wildman–Crippen MR) is 106 cm³/mol. The summed E-state index contributed by atoms with van der Waals surface area (Å²) in [5.41, 5.74) is 4.85. The number of pyridine rings is 1. The van der Waals surface area contributed by atoms with Gasteiger partial charge in [-0.1, -0.05) is 24.3 Å². The number of nitrogens with one attached hydrogen (secondary N) is 1. The van der Waals surface area contributed by atoms with E-state index in [0.29, 0.717) is 13.0 Å². The summed E-state index contributed by atoms with van der Waals surface area (Å²) in [4.78, 5) is 19.3. The average molecular weight is 424 g/mol. The normalized spacial score (nSPS) is 16.3. The first kappa shape index (κ1) is 17.6. The molecule has 0 aliphatic carbocycles. The van der Waals surface area contributed by atoms with E-state index in [2.05, 4.69) is 43.2 Å². The minimum atomic E-state index is -0.0325. The van der Waals surface area contributed by atoms with Crippen molar-refractivity contribution in [3.8, 4) is 0 Å². The van der Waals surface area contributed by atoms with Gasteiger partial charge in [-0.05, 0) is 57.8 Å². The number of aromatic amines is 1. The number of H-pyrrole nitrogens is 1. The van der Waals surface area contributed by atoms with E-state index in [1.54, 1.807) is 12.4 Å². The van der Waals surface area contributed by atoms with E-state index in [1.165, 1.54) is 0 Å². The number of aryl methyl sites for hydroxylation is 1. The molecule has 4 rings (SSSR count). The Balaban J connectivity index is 1.65. The van der Waals surface area contributed by atoms with Crippen molar-refractivity contribution in [3.05, 3.63) is 81.4 Å². The van der Waals surface area contributed by atoms with Crippen molar-refractivity contribution >= 4 is 27.9 Å². The Bertz CT molecular complexity index is 979. The van der Waals surface area contributed by atoms with Crippen LogP contribution in [-0.2, 0) is 6.42 Å². The van der Waals surface area contributed by atoms with Crippen LogP contribution in [0.1, 0.15) is 38.8 Å². The molecule has 6 nitrogen and oxygen atoms in total. The number of aromatic nitrogens is 4. The zero-order chi connectivity index (χ0) is 18.8. The van der Waals surface area contributed by atoms with E-state index in [4.69, 9.17) is 0 Å². The fourth-order valence-corrected chi connectivity index (χ4v) is 4.04. The van der Waals surface area contributed by atoms with Crippen molar-refractivity contribution in [2.75, 3.05) is 6.54 Å². The van der Waals surface area contributed by atoms with Crippen LogP contribution in [0.15, 0.2) is 53.4 Å². The minimum Gasteiger partial charge on any atom is -0.327 e. The zero-order valence-corrected chi connectivity index (χ0v) is 16.3. The Morgan fingerprint density at radius 1 is 1.30 bits per heavy atom. The number of carbonyl (C=O) groups is 1. The molecule has 1 N–H and O–H groups in total. The SMILES string of the molecule is Cc1ccnc(Br)c1CC1c2ccccc2C(=O)N1C/C=C/c1cn[nH]n1. The number of nitrogens with zero attached hydrogens (tertiary/aromatic N) is 4. The van der Waals surface area contributed by atoms with Gasteiger partial charge < -0.3 is 4.90 Å². The first-order valence-electron chi connectivity index (χ1n) is 8.67. The number of rotatable bonds is 5.